The molecule has 0 unspecified atom stereocenters. The molecule has 24 heavy (non-hydrogen) atoms. The summed E-state index contributed by atoms with van der Waals surface area (Å²) in [5.41, 5.74) is 1.12. The summed E-state index contributed by atoms with van der Waals surface area (Å²) in [5.74, 6) is -0.102. The number of hydrogen-bond acceptors (Lipinski definition) is 5. The molecule has 1 aliphatic heterocycles. The molecule has 0 N–H and O–H groups in total. The van der Waals surface area contributed by atoms with E-state index in [-0.39, 0.29) is 11.9 Å². The Bertz CT molecular complexity index is 574. The van der Waals surface area contributed by atoms with E-state index >= 15 is 0 Å². The van der Waals surface area contributed by atoms with Crippen LogP contribution in [0.1, 0.15) is 50.9 Å². The summed E-state index contributed by atoms with van der Waals surface area (Å²) in [4.78, 5) is 25.9. The predicted molar refractivity (Wildman–Crippen MR) is 93.2 cm³/mol. The number of hydrogen-bond donors (Lipinski definition) is 0. The van der Waals surface area contributed by atoms with Crippen LogP contribution >= 0.6 is 0 Å². The van der Waals surface area contributed by atoms with Crippen LogP contribution in [0.3, 0.4) is 0 Å². The van der Waals surface area contributed by atoms with Crippen LogP contribution in [0.2, 0.25) is 0 Å². The zero-order valence-electron chi connectivity index (χ0n) is 15.0. The molecule has 132 valence electrons. The molecule has 1 saturated heterocycles. The van der Waals surface area contributed by atoms with Gasteiger partial charge in [0.05, 0.1) is 18.6 Å². The van der Waals surface area contributed by atoms with Gasteiger partial charge < -0.3 is 14.4 Å². The molecule has 5 nitrogen and oxygen atoms in total. The molecule has 5 heteroatoms. The monoisotopic (exact) mass is 333 g/mol. The number of anilines is 1. The van der Waals surface area contributed by atoms with E-state index < -0.39 is 5.60 Å². The number of carbonyl (C=O) groups excluding carboxylic acids is 2. The standard InChI is InChI=1S/C19H27NO4/c1-5-23-17(21)12-14-10-11-20(13-14)16-8-6-15(7-9-16)18(22)24-19(2,3)4/h6-9,14H,5,10-13H2,1-4H3/t14-/m1/s1. The van der Waals surface area contributed by atoms with Gasteiger partial charge in [0.1, 0.15) is 5.60 Å². The third-order valence-electron chi connectivity index (χ3n) is 3.91. The Hall–Kier alpha value is -2.04. The molecule has 1 atom stereocenters. The molecule has 1 fully saturated rings. The first kappa shape index (κ1) is 18.3. The zero-order chi connectivity index (χ0) is 17.7. The summed E-state index contributed by atoms with van der Waals surface area (Å²) in [6.07, 6.45) is 1.45. The minimum absolute atomic E-state index is 0.121. The molecule has 0 aliphatic carbocycles. The van der Waals surface area contributed by atoms with Crippen molar-refractivity contribution in [1.29, 1.82) is 0 Å². The van der Waals surface area contributed by atoms with Crippen LogP contribution in [0, 0.1) is 5.92 Å². The summed E-state index contributed by atoms with van der Waals surface area (Å²) in [5, 5.41) is 0. The van der Waals surface area contributed by atoms with E-state index in [1.165, 1.54) is 0 Å². The van der Waals surface area contributed by atoms with Gasteiger partial charge in [0, 0.05) is 18.8 Å². The fraction of sp³-hybridized carbons (Fsp3) is 0.579. The maximum absolute atomic E-state index is 12.0. The van der Waals surface area contributed by atoms with Crippen LogP contribution in [0.15, 0.2) is 24.3 Å². The first-order valence-electron chi connectivity index (χ1n) is 8.52. The van der Waals surface area contributed by atoms with Crippen LogP contribution < -0.4 is 4.90 Å². The number of ether oxygens (including phenoxy) is 2. The van der Waals surface area contributed by atoms with Gasteiger partial charge in [-0.2, -0.15) is 0 Å². The van der Waals surface area contributed by atoms with Crippen molar-refractivity contribution in [3.63, 3.8) is 0 Å². The summed E-state index contributed by atoms with van der Waals surface area (Å²) < 4.78 is 10.4. The quantitative estimate of drug-likeness (QED) is 0.773. The van der Waals surface area contributed by atoms with Gasteiger partial charge in [-0.1, -0.05) is 0 Å². The molecule has 1 aromatic rings. The first-order chi connectivity index (χ1) is 11.3. The van der Waals surface area contributed by atoms with Gasteiger partial charge in [0.25, 0.3) is 0 Å². The van der Waals surface area contributed by atoms with Crippen molar-refractivity contribution in [3.8, 4) is 0 Å². The van der Waals surface area contributed by atoms with Crippen LogP contribution in [-0.2, 0) is 14.3 Å². The van der Waals surface area contributed by atoms with Gasteiger partial charge in [-0.25, -0.2) is 4.79 Å². The molecule has 1 aromatic carbocycles. The number of nitrogens with zero attached hydrogens (tertiary/aromatic N) is 1. The molecule has 1 heterocycles. The Kier molecular flexibility index (Phi) is 5.86. The Morgan fingerprint density at radius 2 is 1.88 bits per heavy atom. The lowest BCUT2D eigenvalue weighted by molar-refractivity contribution is -0.144. The lowest BCUT2D eigenvalue weighted by atomic mass is 10.1. The average Bonchev–Trinajstić information content (AvgIpc) is 2.94. The summed E-state index contributed by atoms with van der Waals surface area (Å²) in [6.45, 7) is 9.57. The largest absolute Gasteiger partial charge is 0.466 e. The molecule has 2 rings (SSSR count). The number of esters is 2. The smallest absolute Gasteiger partial charge is 0.338 e. The van der Waals surface area contributed by atoms with Crippen LogP contribution in [0.25, 0.3) is 0 Å². The van der Waals surface area contributed by atoms with Crippen molar-refractivity contribution >= 4 is 17.6 Å². The molecule has 0 aromatic heterocycles. The second kappa shape index (κ2) is 7.69. The van der Waals surface area contributed by atoms with Gasteiger partial charge in [-0.05, 0) is 64.3 Å². The molecule has 0 saturated carbocycles. The van der Waals surface area contributed by atoms with Crippen molar-refractivity contribution in [1.82, 2.24) is 0 Å². The Balaban J connectivity index is 1.92. The Morgan fingerprint density at radius 1 is 1.21 bits per heavy atom. The predicted octanol–water partition coefficient (Wildman–Crippen LogP) is 3.42. The van der Waals surface area contributed by atoms with Crippen molar-refractivity contribution in [2.24, 2.45) is 5.92 Å². The van der Waals surface area contributed by atoms with E-state index in [0.717, 1.165) is 25.2 Å². The average molecular weight is 333 g/mol. The highest BCUT2D eigenvalue weighted by molar-refractivity contribution is 5.90. The summed E-state index contributed by atoms with van der Waals surface area (Å²) >= 11 is 0. The SMILES string of the molecule is CCOC(=O)C[C@H]1CCN(c2ccc(C(=O)OC(C)(C)C)cc2)C1. The van der Waals surface area contributed by atoms with Crippen molar-refractivity contribution in [2.75, 3.05) is 24.6 Å². The number of rotatable bonds is 5. The van der Waals surface area contributed by atoms with Gasteiger partial charge >= 0.3 is 11.9 Å². The van der Waals surface area contributed by atoms with E-state index in [0.29, 0.717) is 24.5 Å². The summed E-state index contributed by atoms with van der Waals surface area (Å²) in [6, 6.07) is 7.46. The second-order valence-corrected chi connectivity index (χ2v) is 7.16. The Morgan fingerprint density at radius 3 is 2.46 bits per heavy atom. The molecular weight excluding hydrogens is 306 g/mol. The number of benzene rings is 1. The highest BCUT2D eigenvalue weighted by Gasteiger charge is 2.25. The molecule has 0 radical (unpaired) electrons. The molecule has 0 spiro atoms. The van der Waals surface area contributed by atoms with Crippen LogP contribution in [-0.4, -0.2) is 37.2 Å². The molecular formula is C19H27NO4. The maximum atomic E-state index is 12.0. The highest BCUT2D eigenvalue weighted by Crippen LogP contribution is 2.26. The molecule has 0 amide bonds. The van der Waals surface area contributed by atoms with Crippen molar-refractivity contribution in [3.05, 3.63) is 29.8 Å². The normalized spacial score (nSPS) is 17.7. The lowest BCUT2D eigenvalue weighted by Crippen LogP contribution is -2.24. The van der Waals surface area contributed by atoms with E-state index in [4.69, 9.17) is 9.47 Å². The number of carbonyl (C=O) groups is 2. The van der Waals surface area contributed by atoms with Gasteiger partial charge in [0.15, 0.2) is 0 Å². The van der Waals surface area contributed by atoms with Gasteiger partial charge in [-0.3, -0.25) is 4.79 Å². The topological polar surface area (TPSA) is 55.8 Å². The summed E-state index contributed by atoms with van der Waals surface area (Å²) in [7, 11) is 0. The van der Waals surface area contributed by atoms with E-state index in [1.54, 1.807) is 12.1 Å². The molecule has 1 aliphatic rings. The lowest BCUT2D eigenvalue weighted by Gasteiger charge is -2.21. The highest BCUT2D eigenvalue weighted by atomic mass is 16.6. The van der Waals surface area contributed by atoms with Gasteiger partial charge in [-0.15, -0.1) is 0 Å². The third kappa shape index (κ3) is 5.25. The van der Waals surface area contributed by atoms with Crippen LogP contribution in [0.4, 0.5) is 5.69 Å². The second-order valence-electron chi connectivity index (χ2n) is 7.16. The fourth-order valence-corrected chi connectivity index (χ4v) is 2.83. The van der Waals surface area contributed by atoms with Gasteiger partial charge in [0.2, 0.25) is 0 Å². The fourth-order valence-electron chi connectivity index (χ4n) is 2.83. The zero-order valence-corrected chi connectivity index (χ0v) is 15.0. The first-order valence-corrected chi connectivity index (χ1v) is 8.52. The third-order valence-corrected chi connectivity index (χ3v) is 3.91. The van der Waals surface area contributed by atoms with Crippen molar-refractivity contribution in [2.45, 2.75) is 46.1 Å². The van der Waals surface area contributed by atoms with E-state index in [9.17, 15) is 9.59 Å². The maximum Gasteiger partial charge on any atom is 0.338 e. The minimum atomic E-state index is -0.495. The van der Waals surface area contributed by atoms with E-state index in [1.807, 2.05) is 39.8 Å². The minimum Gasteiger partial charge on any atom is -0.466 e. The Labute approximate surface area is 143 Å². The van der Waals surface area contributed by atoms with Crippen molar-refractivity contribution < 1.29 is 19.1 Å². The van der Waals surface area contributed by atoms with E-state index in [2.05, 4.69) is 4.90 Å². The molecule has 0 bridgehead atoms. The van der Waals surface area contributed by atoms with Crippen LogP contribution in [0.5, 0.6) is 0 Å².